The summed E-state index contributed by atoms with van der Waals surface area (Å²) in [5, 5.41) is 0. The fourth-order valence-electron chi connectivity index (χ4n) is 2.13. The number of benzene rings is 1. The molecule has 21 heavy (non-hydrogen) atoms. The second-order valence-corrected chi connectivity index (χ2v) is 4.91. The molecule has 0 bridgehead atoms. The van der Waals surface area contributed by atoms with Crippen LogP contribution in [-0.4, -0.2) is 23.9 Å². The van der Waals surface area contributed by atoms with Crippen molar-refractivity contribution >= 4 is 5.91 Å². The maximum Gasteiger partial charge on any atom is 0.289 e. The summed E-state index contributed by atoms with van der Waals surface area (Å²) >= 11 is 0. The van der Waals surface area contributed by atoms with Crippen molar-refractivity contribution in [2.45, 2.75) is 26.7 Å². The fraction of sp³-hybridized carbons (Fsp3) is 0.353. The molecule has 2 rings (SSSR count). The standard InChI is InChI=1S/C17H20FNO2/c1-3-5-12-19(4-2)17(20)16-11-10-15(21-16)13-6-8-14(18)9-7-13/h6-11H,3-5,12H2,1-2H3. The van der Waals surface area contributed by atoms with Crippen LogP contribution in [0.3, 0.4) is 0 Å². The summed E-state index contributed by atoms with van der Waals surface area (Å²) in [6, 6.07) is 9.44. The van der Waals surface area contributed by atoms with E-state index in [1.807, 2.05) is 6.92 Å². The van der Waals surface area contributed by atoms with Gasteiger partial charge in [0.05, 0.1) is 0 Å². The van der Waals surface area contributed by atoms with E-state index in [4.69, 9.17) is 4.42 Å². The van der Waals surface area contributed by atoms with Crippen LogP contribution in [-0.2, 0) is 0 Å². The normalized spacial score (nSPS) is 10.6. The summed E-state index contributed by atoms with van der Waals surface area (Å²) in [7, 11) is 0. The Kier molecular flexibility index (Phi) is 5.14. The Morgan fingerprint density at radius 1 is 1.14 bits per heavy atom. The van der Waals surface area contributed by atoms with Gasteiger partial charge in [0.15, 0.2) is 5.76 Å². The number of rotatable bonds is 6. The van der Waals surface area contributed by atoms with E-state index < -0.39 is 0 Å². The Morgan fingerprint density at radius 2 is 1.86 bits per heavy atom. The van der Waals surface area contributed by atoms with Crippen LogP contribution in [0.5, 0.6) is 0 Å². The summed E-state index contributed by atoms with van der Waals surface area (Å²) in [6.45, 7) is 5.44. The highest BCUT2D eigenvalue weighted by molar-refractivity contribution is 5.92. The first kappa shape index (κ1) is 15.3. The molecule has 2 aromatic rings. The Labute approximate surface area is 124 Å². The van der Waals surface area contributed by atoms with Gasteiger partial charge in [-0.1, -0.05) is 13.3 Å². The maximum absolute atomic E-state index is 12.9. The number of unbranched alkanes of at least 4 members (excludes halogenated alkanes) is 1. The summed E-state index contributed by atoms with van der Waals surface area (Å²) in [4.78, 5) is 14.1. The first-order valence-corrected chi connectivity index (χ1v) is 7.30. The summed E-state index contributed by atoms with van der Waals surface area (Å²) in [5.41, 5.74) is 0.757. The minimum absolute atomic E-state index is 0.0979. The molecule has 0 N–H and O–H groups in total. The van der Waals surface area contributed by atoms with Crippen molar-refractivity contribution in [3.63, 3.8) is 0 Å². The third kappa shape index (κ3) is 3.72. The topological polar surface area (TPSA) is 33.5 Å². The lowest BCUT2D eigenvalue weighted by atomic mass is 10.2. The van der Waals surface area contributed by atoms with E-state index in [9.17, 15) is 9.18 Å². The van der Waals surface area contributed by atoms with E-state index in [1.165, 1.54) is 12.1 Å². The summed E-state index contributed by atoms with van der Waals surface area (Å²) in [6.07, 6.45) is 2.02. The fourth-order valence-corrected chi connectivity index (χ4v) is 2.13. The Balaban J connectivity index is 2.14. The van der Waals surface area contributed by atoms with Crippen LogP contribution < -0.4 is 0 Å². The van der Waals surface area contributed by atoms with E-state index in [1.54, 1.807) is 29.2 Å². The molecule has 0 aliphatic heterocycles. The minimum atomic E-state index is -0.293. The van der Waals surface area contributed by atoms with Gasteiger partial charge in [0.25, 0.3) is 5.91 Å². The zero-order valence-corrected chi connectivity index (χ0v) is 12.4. The maximum atomic E-state index is 12.9. The Morgan fingerprint density at radius 3 is 2.48 bits per heavy atom. The van der Waals surface area contributed by atoms with Crippen molar-refractivity contribution in [3.05, 3.63) is 48.0 Å². The van der Waals surface area contributed by atoms with Crippen LogP contribution in [0.1, 0.15) is 37.2 Å². The molecule has 0 fully saturated rings. The molecule has 1 amide bonds. The molecule has 0 aliphatic rings. The molecule has 0 saturated carbocycles. The molecule has 1 heterocycles. The molecular formula is C17H20FNO2. The van der Waals surface area contributed by atoms with E-state index in [2.05, 4.69) is 6.92 Å². The molecule has 1 aromatic carbocycles. The zero-order chi connectivity index (χ0) is 15.2. The highest BCUT2D eigenvalue weighted by Crippen LogP contribution is 2.23. The summed E-state index contributed by atoms with van der Waals surface area (Å²) in [5.74, 6) is 0.509. The number of carbonyl (C=O) groups excluding carboxylic acids is 1. The zero-order valence-electron chi connectivity index (χ0n) is 12.4. The van der Waals surface area contributed by atoms with Crippen LogP contribution in [0, 0.1) is 5.82 Å². The second kappa shape index (κ2) is 7.07. The van der Waals surface area contributed by atoms with Gasteiger partial charge >= 0.3 is 0 Å². The molecule has 4 heteroatoms. The lowest BCUT2D eigenvalue weighted by Crippen LogP contribution is -2.31. The molecule has 0 saturated heterocycles. The van der Waals surface area contributed by atoms with Gasteiger partial charge in [-0.05, 0) is 49.7 Å². The highest BCUT2D eigenvalue weighted by Gasteiger charge is 2.18. The van der Waals surface area contributed by atoms with Gasteiger partial charge in [0.1, 0.15) is 11.6 Å². The lowest BCUT2D eigenvalue weighted by molar-refractivity contribution is 0.0731. The molecule has 1 aromatic heterocycles. The van der Waals surface area contributed by atoms with Crippen LogP contribution in [0.2, 0.25) is 0 Å². The first-order chi connectivity index (χ1) is 10.2. The number of carbonyl (C=O) groups is 1. The summed E-state index contributed by atoms with van der Waals surface area (Å²) < 4.78 is 18.5. The van der Waals surface area contributed by atoms with Crippen LogP contribution >= 0.6 is 0 Å². The van der Waals surface area contributed by atoms with Crippen LogP contribution in [0.15, 0.2) is 40.8 Å². The smallest absolute Gasteiger partial charge is 0.289 e. The number of nitrogens with zero attached hydrogens (tertiary/aromatic N) is 1. The van der Waals surface area contributed by atoms with Gasteiger partial charge in [-0.25, -0.2) is 4.39 Å². The number of hydrogen-bond acceptors (Lipinski definition) is 2. The monoisotopic (exact) mass is 289 g/mol. The molecule has 0 atom stereocenters. The number of furan rings is 1. The molecule has 0 radical (unpaired) electrons. The van der Waals surface area contributed by atoms with Gasteiger partial charge in [-0.2, -0.15) is 0 Å². The van der Waals surface area contributed by atoms with E-state index >= 15 is 0 Å². The van der Waals surface area contributed by atoms with Gasteiger partial charge in [-0.3, -0.25) is 4.79 Å². The molecule has 0 unspecified atom stereocenters. The van der Waals surface area contributed by atoms with Crippen molar-refractivity contribution in [1.29, 1.82) is 0 Å². The number of halogens is 1. The third-order valence-corrected chi connectivity index (χ3v) is 3.40. The molecule has 112 valence electrons. The van der Waals surface area contributed by atoms with Crippen molar-refractivity contribution in [3.8, 4) is 11.3 Å². The molecular weight excluding hydrogens is 269 g/mol. The quantitative estimate of drug-likeness (QED) is 0.792. The van der Waals surface area contributed by atoms with Gasteiger partial charge in [0, 0.05) is 18.7 Å². The van der Waals surface area contributed by atoms with Crippen molar-refractivity contribution in [1.82, 2.24) is 4.90 Å². The van der Waals surface area contributed by atoms with Crippen molar-refractivity contribution in [2.75, 3.05) is 13.1 Å². The minimum Gasteiger partial charge on any atom is -0.451 e. The third-order valence-electron chi connectivity index (χ3n) is 3.40. The van der Waals surface area contributed by atoms with E-state index in [-0.39, 0.29) is 11.7 Å². The van der Waals surface area contributed by atoms with Crippen LogP contribution in [0.4, 0.5) is 4.39 Å². The van der Waals surface area contributed by atoms with Gasteiger partial charge in [-0.15, -0.1) is 0 Å². The average Bonchev–Trinajstić information content (AvgIpc) is 2.98. The largest absolute Gasteiger partial charge is 0.451 e. The van der Waals surface area contributed by atoms with Gasteiger partial charge < -0.3 is 9.32 Å². The van der Waals surface area contributed by atoms with Crippen molar-refractivity contribution < 1.29 is 13.6 Å². The van der Waals surface area contributed by atoms with E-state index in [0.29, 0.717) is 18.1 Å². The average molecular weight is 289 g/mol. The molecule has 0 aliphatic carbocycles. The highest BCUT2D eigenvalue weighted by atomic mass is 19.1. The predicted molar refractivity (Wildman–Crippen MR) is 80.6 cm³/mol. The lowest BCUT2D eigenvalue weighted by Gasteiger charge is -2.19. The second-order valence-electron chi connectivity index (χ2n) is 4.91. The Hall–Kier alpha value is -2.10. The molecule has 3 nitrogen and oxygen atoms in total. The van der Waals surface area contributed by atoms with Crippen molar-refractivity contribution in [2.24, 2.45) is 0 Å². The number of hydrogen-bond donors (Lipinski definition) is 0. The van der Waals surface area contributed by atoms with Crippen LogP contribution in [0.25, 0.3) is 11.3 Å². The SMILES string of the molecule is CCCCN(CC)C(=O)c1ccc(-c2ccc(F)cc2)o1. The van der Waals surface area contributed by atoms with E-state index in [0.717, 1.165) is 24.9 Å². The first-order valence-electron chi connectivity index (χ1n) is 7.30. The van der Waals surface area contributed by atoms with Gasteiger partial charge in [0.2, 0.25) is 0 Å². The number of amides is 1. The predicted octanol–water partition coefficient (Wildman–Crippen LogP) is 4.35. The molecule has 0 spiro atoms. The Bertz CT molecular complexity index is 589.